The fourth-order valence-corrected chi connectivity index (χ4v) is 5.15. The molecule has 0 aliphatic carbocycles. The van der Waals surface area contributed by atoms with Gasteiger partial charge in [-0.05, 0) is 65.8 Å². The lowest BCUT2D eigenvalue weighted by Gasteiger charge is -2.16. The Labute approximate surface area is 168 Å². The molecule has 26 heavy (non-hydrogen) atoms. The van der Waals surface area contributed by atoms with Gasteiger partial charge in [0.1, 0.15) is 5.75 Å². The van der Waals surface area contributed by atoms with Crippen molar-refractivity contribution in [2.45, 2.75) is 36.8 Å². The molecule has 0 heterocycles. The number of halogens is 1. The van der Waals surface area contributed by atoms with Gasteiger partial charge in [0.25, 0.3) is 5.91 Å². The lowest BCUT2D eigenvalue weighted by atomic mass is 10.2. The van der Waals surface area contributed by atoms with Crippen molar-refractivity contribution in [3.8, 4) is 5.75 Å². The molecule has 1 amide bonds. The molecule has 0 fully saturated rings. The number of amides is 1. The fraction of sp³-hybridized carbons (Fsp3) is 0.316. The minimum atomic E-state index is -3.47. The first-order valence-corrected chi connectivity index (χ1v) is 10.9. The molecule has 2 aromatic carbocycles. The van der Waals surface area contributed by atoms with Gasteiger partial charge in [-0.15, -0.1) is 0 Å². The predicted molar refractivity (Wildman–Crippen MR) is 112 cm³/mol. The van der Waals surface area contributed by atoms with Crippen LogP contribution in [0, 0.1) is 3.57 Å². The summed E-state index contributed by atoms with van der Waals surface area (Å²) in [5, 5.41) is 2.32. The van der Waals surface area contributed by atoms with Crippen LogP contribution >= 0.6 is 22.6 Å². The maximum atomic E-state index is 12.8. The third kappa shape index (κ3) is 4.37. The molecule has 0 saturated heterocycles. The van der Waals surface area contributed by atoms with Gasteiger partial charge in [0.2, 0.25) is 0 Å². The van der Waals surface area contributed by atoms with Crippen molar-refractivity contribution in [3.63, 3.8) is 0 Å². The van der Waals surface area contributed by atoms with Crippen molar-refractivity contribution >= 4 is 44.0 Å². The van der Waals surface area contributed by atoms with Gasteiger partial charge < -0.3 is 10.1 Å². The van der Waals surface area contributed by atoms with E-state index >= 15 is 0 Å². The number of hydrogen-bond acceptors (Lipinski definition) is 4. The minimum Gasteiger partial charge on any atom is -0.495 e. The summed E-state index contributed by atoms with van der Waals surface area (Å²) in [6.45, 7) is 3.71. The van der Waals surface area contributed by atoms with Gasteiger partial charge in [-0.1, -0.05) is 26.0 Å². The van der Waals surface area contributed by atoms with E-state index in [-0.39, 0.29) is 10.8 Å². The molecule has 0 unspecified atom stereocenters. The lowest BCUT2D eigenvalue weighted by Crippen LogP contribution is -2.20. The number of carbonyl (C=O) groups is 1. The molecule has 0 saturated carbocycles. The summed E-state index contributed by atoms with van der Waals surface area (Å²) in [6.07, 6.45) is 1.07. The van der Waals surface area contributed by atoms with E-state index in [0.717, 1.165) is 3.57 Å². The number of sulfone groups is 1. The predicted octanol–water partition coefficient (Wildman–Crippen LogP) is 4.51. The van der Waals surface area contributed by atoms with Gasteiger partial charge in [-0.25, -0.2) is 8.42 Å². The van der Waals surface area contributed by atoms with Crippen molar-refractivity contribution in [2.24, 2.45) is 0 Å². The van der Waals surface area contributed by atoms with Crippen molar-refractivity contribution in [1.29, 1.82) is 0 Å². The Morgan fingerprint density at radius 1 is 1.15 bits per heavy atom. The molecular formula is C19H22INO4S. The molecule has 0 aliphatic rings. The van der Waals surface area contributed by atoms with Gasteiger partial charge in [0, 0.05) is 3.57 Å². The molecule has 0 aliphatic heterocycles. The van der Waals surface area contributed by atoms with Crippen LogP contribution in [0.25, 0.3) is 0 Å². The normalized spacial score (nSPS) is 11.4. The first-order chi connectivity index (χ1) is 12.3. The van der Waals surface area contributed by atoms with E-state index in [1.807, 2.05) is 26.0 Å². The summed E-state index contributed by atoms with van der Waals surface area (Å²) in [5.74, 6) is 0.0955. The standard InChI is InChI=1S/C19H22INO4S/c1-4-13(5-2)26(23,24)14-10-11-18(25-3)17(12-14)21-19(22)15-8-6-7-9-16(15)20/h6-13H,4-5H2,1-3H3,(H,21,22). The summed E-state index contributed by atoms with van der Waals surface area (Å²) in [6, 6.07) is 11.7. The highest BCUT2D eigenvalue weighted by Gasteiger charge is 2.25. The highest BCUT2D eigenvalue weighted by atomic mass is 127. The largest absolute Gasteiger partial charge is 0.495 e. The van der Waals surface area contributed by atoms with Crippen molar-refractivity contribution < 1.29 is 17.9 Å². The third-order valence-corrected chi connectivity index (χ3v) is 7.61. The van der Waals surface area contributed by atoms with Gasteiger partial charge in [-0.2, -0.15) is 0 Å². The second-order valence-corrected chi connectivity index (χ2v) is 9.17. The van der Waals surface area contributed by atoms with E-state index in [4.69, 9.17) is 4.74 Å². The topological polar surface area (TPSA) is 72.5 Å². The smallest absolute Gasteiger partial charge is 0.256 e. The Morgan fingerprint density at radius 3 is 2.38 bits per heavy atom. The number of ether oxygens (including phenoxy) is 1. The summed E-state index contributed by atoms with van der Waals surface area (Å²) >= 11 is 2.09. The molecular weight excluding hydrogens is 465 g/mol. The summed E-state index contributed by atoms with van der Waals surface area (Å²) < 4.78 is 31.7. The van der Waals surface area contributed by atoms with E-state index in [1.54, 1.807) is 18.2 Å². The maximum absolute atomic E-state index is 12.8. The average molecular weight is 487 g/mol. The van der Waals surface area contributed by atoms with Crippen LogP contribution in [0.1, 0.15) is 37.0 Å². The van der Waals surface area contributed by atoms with E-state index in [9.17, 15) is 13.2 Å². The number of carbonyl (C=O) groups excluding carboxylic acids is 1. The Morgan fingerprint density at radius 2 is 1.81 bits per heavy atom. The van der Waals surface area contributed by atoms with Crippen LogP contribution in [-0.2, 0) is 9.84 Å². The SMILES string of the molecule is CCC(CC)S(=O)(=O)c1ccc(OC)c(NC(=O)c2ccccc2I)c1. The van der Waals surface area contributed by atoms with Gasteiger partial charge in [0.05, 0.1) is 28.5 Å². The quantitative estimate of drug-likeness (QED) is 0.584. The van der Waals surface area contributed by atoms with E-state index in [2.05, 4.69) is 27.9 Å². The zero-order valence-corrected chi connectivity index (χ0v) is 17.9. The molecule has 2 rings (SSSR count). The Bertz CT molecular complexity index is 892. The average Bonchev–Trinajstić information content (AvgIpc) is 2.62. The third-order valence-electron chi connectivity index (χ3n) is 4.22. The highest BCUT2D eigenvalue weighted by Crippen LogP contribution is 2.31. The summed E-state index contributed by atoms with van der Waals surface area (Å²) in [5.41, 5.74) is 0.854. The fourth-order valence-electron chi connectivity index (χ4n) is 2.72. The second kappa shape index (κ2) is 8.85. The number of methoxy groups -OCH3 is 1. The van der Waals surface area contributed by atoms with Crippen LogP contribution in [-0.4, -0.2) is 26.7 Å². The number of rotatable bonds is 7. The highest BCUT2D eigenvalue weighted by molar-refractivity contribution is 14.1. The van der Waals surface area contributed by atoms with Gasteiger partial charge in [-0.3, -0.25) is 4.79 Å². The Balaban J connectivity index is 2.42. The molecule has 140 valence electrons. The van der Waals surface area contributed by atoms with Crippen LogP contribution in [0.2, 0.25) is 0 Å². The monoisotopic (exact) mass is 487 g/mol. The van der Waals surface area contributed by atoms with Crippen LogP contribution in [0.4, 0.5) is 5.69 Å². The van der Waals surface area contributed by atoms with Crippen LogP contribution in [0.3, 0.4) is 0 Å². The van der Waals surface area contributed by atoms with Gasteiger partial charge >= 0.3 is 0 Å². The zero-order chi connectivity index (χ0) is 19.3. The molecule has 0 bridgehead atoms. The summed E-state index contributed by atoms with van der Waals surface area (Å²) in [4.78, 5) is 12.8. The number of benzene rings is 2. The molecule has 0 spiro atoms. The molecule has 5 nitrogen and oxygen atoms in total. The molecule has 0 aromatic heterocycles. The molecule has 2 aromatic rings. The Kier molecular flexibility index (Phi) is 7.05. The van der Waals surface area contributed by atoms with E-state index < -0.39 is 15.1 Å². The van der Waals surface area contributed by atoms with Crippen LogP contribution < -0.4 is 10.1 Å². The number of anilines is 1. The van der Waals surface area contributed by atoms with Crippen molar-refractivity contribution in [1.82, 2.24) is 0 Å². The molecule has 0 atom stereocenters. The summed E-state index contributed by atoms with van der Waals surface area (Å²) in [7, 11) is -1.99. The van der Waals surface area contributed by atoms with Crippen LogP contribution in [0.15, 0.2) is 47.4 Å². The molecule has 1 N–H and O–H groups in total. The lowest BCUT2D eigenvalue weighted by molar-refractivity contribution is 0.102. The van der Waals surface area contributed by atoms with Crippen LogP contribution in [0.5, 0.6) is 5.75 Å². The zero-order valence-electron chi connectivity index (χ0n) is 15.0. The second-order valence-electron chi connectivity index (χ2n) is 5.78. The minimum absolute atomic E-state index is 0.185. The Hall–Kier alpha value is -1.61. The van der Waals surface area contributed by atoms with E-state index in [1.165, 1.54) is 19.2 Å². The number of hydrogen-bond donors (Lipinski definition) is 1. The maximum Gasteiger partial charge on any atom is 0.256 e. The van der Waals surface area contributed by atoms with Crippen molar-refractivity contribution in [2.75, 3.05) is 12.4 Å². The number of nitrogens with one attached hydrogen (secondary N) is 1. The first kappa shape index (κ1) is 20.7. The first-order valence-electron chi connectivity index (χ1n) is 8.32. The van der Waals surface area contributed by atoms with Gasteiger partial charge in [0.15, 0.2) is 9.84 Å². The molecule has 0 radical (unpaired) electrons. The molecule has 7 heteroatoms. The van der Waals surface area contributed by atoms with E-state index in [0.29, 0.717) is 29.8 Å². The van der Waals surface area contributed by atoms with Crippen molar-refractivity contribution in [3.05, 3.63) is 51.6 Å².